The van der Waals surface area contributed by atoms with Gasteiger partial charge in [0.05, 0.1) is 12.3 Å². The summed E-state index contributed by atoms with van der Waals surface area (Å²) in [6.07, 6.45) is 10.8. The average molecular weight is 318 g/mol. The molecule has 1 N–H and O–H groups in total. The minimum absolute atomic E-state index is 0.446. The second-order valence-corrected chi connectivity index (χ2v) is 6.78. The van der Waals surface area contributed by atoms with Crippen LogP contribution in [0.25, 0.3) is 0 Å². The molecule has 5 nitrogen and oxygen atoms in total. The third kappa shape index (κ3) is 5.43. The van der Waals surface area contributed by atoms with Crippen LogP contribution in [-0.4, -0.2) is 54.3 Å². The van der Waals surface area contributed by atoms with Crippen molar-refractivity contribution in [3.8, 4) is 0 Å². The van der Waals surface area contributed by atoms with E-state index in [-0.39, 0.29) is 0 Å². The average Bonchev–Trinajstić information content (AvgIpc) is 3.00. The molecule has 1 atom stereocenters. The molecular formula is C18H30N4O. The molecule has 2 saturated heterocycles. The van der Waals surface area contributed by atoms with Crippen LogP contribution in [-0.2, 0) is 4.74 Å². The maximum Gasteiger partial charge on any atom is 0.129 e. The molecule has 0 saturated carbocycles. The topological polar surface area (TPSA) is 50.3 Å². The van der Waals surface area contributed by atoms with Crippen LogP contribution in [0, 0.1) is 0 Å². The fourth-order valence-corrected chi connectivity index (χ4v) is 3.50. The number of rotatable bonds is 7. The second-order valence-electron chi connectivity index (χ2n) is 6.78. The first-order valence-electron chi connectivity index (χ1n) is 9.28. The van der Waals surface area contributed by atoms with Gasteiger partial charge in [-0.05, 0) is 51.7 Å². The van der Waals surface area contributed by atoms with Crippen molar-refractivity contribution in [3.05, 3.63) is 18.1 Å². The summed E-state index contributed by atoms with van der Waals surface area (Å²) < 4.78 is 5.45. The first kappa shape index (κ1) is 16.7. The number of aromatic nitrogens is 2. The molecule has 2 aliphatic rings. The normalized spacial score (nSPS) is 22.9. The highest BCUT2D eigenvalue weighted by Gasteiger charge is 2.19. The van der Waals surface area contributed by atoms with Crippen molar-refractivity contribution in [3.63, 3.8) is 0 Å². The number of nitrogens with zero attached hydrogens (tertiary/aromatic N) is 3. The lowest BCUT2D eigenvalue weighted by Gasteiger charge is -2.19. The number of nitrogens with one attached hydrogen (secondary N) is 1. The van der Waals surface area contributed by atoms with Crippen molar-refractivity contribution in [2.45, 2.75) is 50.9 Å². The van der Waals surface area contributed by atoms with Crippen LogP contribution in [0.4, 0.5) is 5.82 Å². The van der Waals surface area contributed by atoms with Gasteiger partial charge in [-0.25, -0.2) is 9.97 Å². The molecule has 1 unspecified atom stereocenters. The van der Waals surface area contributed by atoms with Crippen LogP contribution in [0.3, 0.4) is 0 Å². The van der Waals surface area contributed by atoms with Gasteiger partial charge in [-0.1, -0.05) is 12.8 Å². The zero-order valence-corrected chi connectivity index (χ0v) is 14.2. The summed E-state index contributed by atoms with van der Waals surface area (Å²) in [4.78, 5) is 11.4. The highest BCUT2D eigenvalue weighted by atomic mass is 16.5. The molecule has 0 amide bonds. The Labute approximate surface area is 139 Å². The van der Waals surface area contributed by atoms with Crippen LogP contribution in [0.2, 0.25) is 0 Å². The Hall–Kier alpha value is -1.20. The van der Waals surface area contributed by atoms with Gasteiger partial charge in [-0.3, -0.25) is 0 Å². The molecule has 3 rings (SSSR count). The Morgan fingerprint density at radius 3 is 2.78 bits per heavy atom. The van der Waals surface area contributed by atoms with Crippen LogP contribution in [0.15, 0.2) is 12.4 Å². The van der Waals surface area contributed by atoms with Gasteiger partial charge in [0.2, 0.25) is 0 Å². The third-order valence-electron chi connectivity index (χ3n) is 4.94. The van der Waals surface area contributed by atoms with Gasteiger partial charge < -0.3 is 15.0 Å². The van der Waals surface area contributed by atoms with E-state index in [0.29, 0.717) is 5.92 Å². The molecule has 0 spiro atoms. The lowest BCUT2D eigenvalue weighted by molar-refractivity contribution is 0.193. The Morgan fingerprint density at radius 1 is 1.13 bits per heavy atom. The van der Waals surface area contributed by atoms with Gasteiger partial charge in [-0.2, -0.15) is 0 Å². The highest BCUT2D eigenvalue weighted by molar-refractivity contribution is 5.35. The zero-order chi connectivity index (χ0) is 15.7. The lowest BCUT2D eigenvalue weighted by atomic mass is 10.1. The summed E-state index contributed by atoms with van der Waals surface area (Å²) in [5, 5.41) is 3.45. The van der Waals surface area contributed by atoms with Crippen LogP contribution in [0.1, 0.15) is 56.6 Å². The maximum absolute atomic E-state index is 5.45. The van der Waals surface area contributed by atoms with E-state index in [2.05, 4.69) is 26.3 Å². The minimum Gasteiger partial charge on any atom is -0.381 e. The molecule has 0 bridgehead atoms. The Morgan fingerprint density at radius 2 is 2.00 bits per heavy atom. The van der Waals surface area contributed by atoms with Crippen molar-refractivity contribution in [1.82, 2.24) is 14.9 Å². The summed E-state index contributed by atoms with van der Waals surface area (Å²) in [6.45, 7) is 6.49. The van der Waals surface area contributed by atoms with E-state index in [1.807, 2.05) is 0 Å². The molecule has 2 aliphatic heterocycles. The summed E-state index contributed by atoms with van der Waals surface area (Å²) in [5.41, 5.74) is 1.12. The smallest absolute Gasteiger partial charge is 0.129 e. The predicted molar refractivity (Wildman–Crippen MR) is 92.8 cm³/mol. The number of hydrogen-bond acceptors (Lipinski definition) is 5. The quantitative estimate of drug-likeness (QED) is 0.783. The number of anilines is 1. The molecule has 128 valence electrons. The molecular weight excluding hydrogens is 288 g/mol. The maximum atomic E-state index is 5.45. The van der Waals surface area contributed by atoms with E-state index in [9.17, 15) is 0 Å². The summed E-state index contributed by atoms with van der Waals surface area (Å²) >= 11 is 0. The van der Waals surface area contributed by atoms with Gasteiger partial charge >= 0.3 is 0 Å². The fraction of sp³-hybridized carbons (Fsp3) is 0.778. The van der Waals surface area contributed by atoms with E-state index >= 15 is 0 Å². The minimum atomic E-state index is 0.446. The summed E-state index contributed by atoms with van der Waals surface area (Å²) in [6, 6.07) is 2.09. The fourth-order valence-electron chi connectivity index (χ4n) is 3.50. The monoisotopic (exact) mass is 318 g/mol. The first-order valence-corrected chi connectivity index (χ1v) is 9.28. The predicted octanol–water partition coefficient (Wildman–Crippen LogP) is 3.05. The first-order chi connectivity index (χ1) is 11.4. The molecule has 1 aromatic rings. The van der Waals surface area contributed by atoms with Crippen molar-refractivity contribution in [2.24, 2.45) is 0 Å². The zero-order valence-electron chi connectivity index (χ0n) is 14.2. The number of unbranched alkanes of at least 4 members (excludes halogenated alkanes) is 1. The van der Waals surface area contributed by atoms with Gasteiger partial charge in [0.15, 0.2) is 0 Å². The largest absolute Gasteiger partial charge is 0.381 e. The number of likely N-dealkylation sites (tertiary alicyclic amines) is 1. The number of hydrogen-bond donors (Lipinski definition) is 1. The second kappa shape index (κ2) is 9.18. The molecule has 0 radical (unpaired) electrons. The lowest BCUT2D eigenvalue weighted by Crippen LogP contribution is -2.26. The van der Waals surface area contributed by atoms with Gasteiger partial charge in [0.25, 0.3) is 0 Å². The van der Waals surface area contributed by atoms with E-state index in [0.717, 1.165) is 37.7 Å². The van der Waals surface area contributed by atoms with Crippen molar-refractivity contribution in [1.29, 1.82) is 0 Å². The highest BCUT2D eigenvalue weighted by Crippen LogP contribution is 2.24. The molecule has 0 aromatic carbocycles. The van der Waals surface area contributed by atoms with E-state index in [1.165, 1.54) is 58.2 Å². The van der Waals surface area contributed by atoms with Crippen molar-refractivity contribution >= 4 is 5.82 Å². The summed E-state index contributed by atoms with van der Waals surface area (Å²) in [5.74, 6) is 1.40. The van der Waals surface area contributed by atoms with Gasteiger partial charge in [0.1, 0.15) is 12.1 Å². The van der Waals surface area contributed by atoms with Gasteiger partial charge in [-0.15, -0.1) is 0 Å². The van der Waals surface area contributed by atoms with E-state index < -0.39 is 0 Å². The Bertz CT molecular complexity index is 454. The van der Waals surface area contributed by atoms with E-state index in [4.69, 9.17) is 4.74 Å². The van der Waals surface area contributed by atoms with Crippen molar-refractivity contribution < 1.29 is 4.74 Å². The third-order valence-corrected chi connectivity index (χ3v) is 4.94. The van der Waals surface area contributed by atoms with Crippen LogP contribution < -0.4 is 5.32 Å². The number of ether oxygens (including phenoxy) is 1. The van der Waals surface area contributed by atoms with Crippen LogP contribution in [0.5, 0.6) is 0 Å². The SMILES string of the molecule is c1nc(NCCCCN2CCCCCC2)cc(C2CCOC2)n1. The molecule has 5 heteroatoms. The van der Waals surface area contributed by atoms with E-state index in [1.54, 1.807) is 6.33 Å². The van der Waals surface area contributed by atoms with Crippen molar-refractivity contribution in [2.75, 3.05) is 44.7 Å². The Balaban J connectivity index is 1.34. The molecule has 3 heterocycles. The molecule has 0 aliphatic carbocycles. The Kier molecular flexibility index (Phi) is 6.65. The van der Waals surface area contributed by atoms with Gasteiger partial charge in [0, 0.05) is 25.1 Å². The standard InChI is InChI=1S/C18H30N4O/c1-2-5-10-22(9-4-1)11-6-3-8-19-18-13-17(20-15-21-18)16-7-12-23-14-16/h13,15-16H,1-12,14H2,(H,19,20,21). The molecule has 23 heavy (non-hydrogen) atoms. The summed E-state index contributed by atoms with van der Waals surface area (Å²) in [7, 11) is 0. The molecule has 1 aromatic heterocycles. The van der Waals surface area contributed by atoms with Crippen LogP contribution >= 0.6 is 0 Å². The molecule has 2 fully saturated rings.